The SMILES string of the molecule is Cc1cccnc1CN1CCN(C(=O)NCCn2ccnc2C)CC1. The highest BCUT2D eigenvalue weighted by Gasteiger charge is 2.21. The maximum Gasteiger partial charge on any atom is 0.317 e. The summed E-state index contributed by atoms with van der Waals surface area (Å²) in [6, 6.07) is 4.08. The number of carbonyl (C=O) groups is 1. The van der Waals surface area contributed by atoms with Crippen LogP contribution in [0, 0.1) is 13.8 Å². The Morgan fingerprint density at radius 1 is 1.16 bits per heavy atom. The van der Waals surface area contributed by atoms with Crippen molar-refractivity contribution in [3.63, 3.8) is 0 Å². The van der Waals surface area contributed by atoms with E-state index in [9.17, 15) is 4.79 Å². The Labute approximate surface area is 148 Å². The van der Waals surface area contributed by atoms with Gasteiger partial charge in [-0.05, 0) is 25.5 Å². The molecule has 0 spiro atoms. The molecule has 1 N–H and O–H groups in total. The van der Waals surface area contributed by atoms with E-state index in [0.717, 1.165) is 50.8 Å². The van der Waals surface area contributed by atoms with Gasteiger partial charge >= 0.3 is 6.03 Å². The van der Waals surface area contributed by atoms with E-state index in [-0.39, 0.29) is 6.03 Å². The lowest BCUT2D eigenvalue weighted by molar-refractivity contribution is 0.134. The molecule has 134 valence electrons. The average Bonchev–Trinajstić information content (AvgIpc) is 3.02. The summed E-state index contributed by atoms with van der Waals surface area (Å²) in [5, 5.41) is 3.00. The Kier molecular flexibility index (Phi) is 5.65. The third-order valence-electron chi connectivity index (χ3n) is 4.70. The lowest BCUT2D eigenvalue weighted by Gasteiger charge is -2.34. The van der Waals surface area contributed by atoms with Gasteiger partial charge in [0.25, 0.3) is 0 Å². The van der Waals surface area contributed by atoms with Crippen molar-refractivity contribution in [1.82, 2.24) is 29.7 Å². The molecule has 0 unspecified atom stereocenters. The number of urea groups is 1. The largest absolute Gasteiger partial charge is 0.336 e. The fourth-order valence-corrected chi connectivity index (χ4v) is 3.04. The van der Waals surface area contributed by atoms with Crippen LogP contribution < -0.4 is 5.32 Å². The predicted octanol–water partition coefficient (Wildman–Crippen LogP) is 1.42. The Bertz CT molecular complexity index is 705. The van der Waals surface area contributed by atoms with Crippen molar-refractivity contribution in [1.29, 1.82) is 0 Å². The molecule has 2 amide bonds. The number of carbonyl (C=O) groups excluding carboxylic acids is 1. The van der Waals surface area contributed by atoms with Crippen molar-refractivity contribution in [3.05, 3.63) is 47.8 Å². The van der Waals surface area contributed by atoms with Gasteiger partial charge in [0.15, 0.2) is 0 Å². The van der Waals surface area contributed by atoms with Gasteiger partial charge in [-0.25, -0.2) is 9.78 Å². The van der Waals surface area contributed by atoms with Gasteiger partial charge in [-0.15, -0.1) is 0 Å². The Morgan fingerprint density at radius 3 is 2.64 bits per heavy atom. The number of aromatic nitrogens is 3. The third-order valence-corrected chi connectivity index (χ3v) is 4.70. The summed E-state index contributed by atoms with van der Waals surface area (Å²) < 4.78 is 2.04. The van der Waals surface area contributed by atoms with E-state index in [1.165, 1.54) is 5.56 Å². The average molecular weight is 342 g/mol. The van der Waals surface area contributed by atoms with Gasteiger partial charge in [-0.1, -0.05) is 6.07 Å². The molecule has 0 saturated carbocycles. The van der Waals surface area contributed by atoms with Crippen molar-refractivity contribution in [2.24, 2.45) is 0 Å². The highest BCUT2D eigenvalue weighted by molar-refractivity contribution is 5.74. The van der Waals surface area contributed by atoms with E-state index >= 15 is 0 Å². The number of imidazole rings is 1. The second kappa shape index (κ2) is 8.11. The van der Waals surface area contributed by atoms with Crippen LogP contribution in [0.4, 0.5) is 4.79 Å². The van der Waals surface area contributed by atoms with E-state index in [1.54, 1.807) is 6.20 Å². The van der Waals surface area contributed by atoms with Crippen LogP contribution in [0.1, 0.15) is 17.1 Å². The summed E-state index contributed by atoms with van der Waals surface area (Å²) in [5.41, 5.74) is 2.34. The van der Waals surface area contributed by atoms with Crippen LogP contribution in [-0.4, -0.2) is 63.1 Å². The number of rotatable bonds is 5. The maximum atomic E-state index is 12.3. The summed E-state index contributed by atoms with van der Waals surface area (Å²) in [5.74, 6) is 0.965. The normalized spacial score (nSPS) is 15.4. The molecule has 25 heavy (non-hydrogen) atoms. The van der Waals surface area contributed by atoms with Gasteiger partial charge < -0.3 is 14.8 Å². The number of nitrogens with one attached hydrogen (secondary N) is 1. The zero-order chi connectivity index (χ0) is 17.6. The highest BCUT2D eigenvalue weighted by atomic mass is 16.2. The van der Waals surface area contributed by atoms with Crippen molar-refractivity contribution >= 4 is 6.03 Å². The molecule has 0 atom stereocenters. The van der Waals surface area contributed by atoms with Gasteiger partial charge in [-0.2, -0.15) is 0 Å². The second-order valence-electron chi connectivity index (χ2n) is 6.43. The molecule has 3 rings (SSSR count). The molecular formula is C18H26N6O. The van der Waals surface area contributed by atoms with Gasteiger partial charge in [-0.3, -0.25) is 9.88 Å². The van der Waals surface area contributed by atoms with Gasteiger partial charge in [0.1, 0.15) is 5.82 Å². The highest BCUT2D eigenvalue weighted by Crippen LogP contribution is 2.10. The second-order valence-corrected chi connectivity index (χ2v) is 6.43. The number of amides is 2. The van der Waals surface area contributed by atoms with Crippen molar-refractivity contribution in [2.45, 2.75) is 26.9 Å². The van der Waals surface area contributed by atoms with Crippen LogP contribution >= 0.6 is 0 Å². The molecular weight excluding hydrogens is 316 g/mol. The van der Waals surface area contributed by atoms with Crippen LogP contribution in [0.5, 0.6) is 0 Å². The lowest BCUT2D eigenvalue weighted by Crippen LogP contribution is -2.51. The van der Waals surface area contributed by atoms with Crippen LogP contribution in [-0.2, 0) is 13.1 Å². The molecule has 0 radical (unpaired) electrons. The maximum absolute atomic E-state index is 12.3. The van der Waals surface area contributed by atoms with Crippen LogP contribution in [0.3, 0.4) is 0 Å². The number of nitrogens with zero attached hydrogens (tertiary/aromatic N) is 5. The van der Waals surface area contributed by atoms with Crippen LogP contribution in [0.15, 0.2) is 30.7 Å². The molecule has 1 aliphatic rings. The molecule has 0 aliphatic carbocycles. The summed E-state index contributed by atoms with van der Waals surface area (Å²) >= 11 is 0. The molecule has 1 fully saturated rings. The standard InChI is InChI=1S/C18H26N6O/c1-15-4-3-5-20-17(15)14-22-10-12-24(13-11-22)18(25)21-7-9-23-8-6-19-16(23)2/h3-6,8H,7,9-14H2,1-2H3,(H,21,25). The smallest absolute Gasteiger partial charge is 0.317 e. The molecule has 3 heterocycles. The molecule has 1 aliphatic heterocycles. The number of pyridine rings is 1. The molecule has 2 aromatic heterocycles. The minimum Gasteiger partial charge on any atom is -0.336 e. The lowest BCUT2D eigenvalue weighted by atomic mass is 10.2. The van der Waals surface area contributed by atoms with Crippen molar-refractivity contribution in [3.8, 4) is 0 Å². The van der Waals surface area contributed by atoms with Crippen molar-refractivity contribution in [2.75, 3.05) is 32.7 Å². The third kappa shape index (κ3) is 4.57. The number of aryl methyl sites for hydroxylation is 2. The Morgan fingerprint density at radius 2 is 1.96 bits per heavy atom. The van der Waals surface area contributed by atoms with Crippen LogP contribution in [0.25, 0.3) is 0 Å². The first kappa shape index (κ1) is 17.4. The molecule has 7 heteroatoms. The monoisotopic (exact) mass is 342 g/mol. The summed E-state index contributed by atoms with van der Waals surface area (Å²) in [4.78, 5) is 25.2. The Hall–Kier alpha value is -2.41. The van der Waals surface area contributed by atoms with Gasteiger partial charge in [0.2, 0.25) is 0 Å². The zero-order valence-electron chi connectivity index (χ0n) is 15.0. The van der Waals surface area contributed by atoms with E-state index in [1.807, 2.05) is 34.9 Å². The zero-order valence-corrected chi connectivity index (χ0v) is 15.0. The van der Waals surface area contributed by atoms with Crippen molar-refractivity contribution < 1.29 is 4.79 Å². The minimum atomic E-state index is 0.0198. The predicted molar refractivity (Wildman–Crippen MR) is 96.2 cm³/mol. The van der Waals surface area contributed by atoms with E-state index < -0.39 is 0 Å². The summed E-state index contributed by atoms with van der Waals surface area (Å²) in [6.45, 7) is 9.53. The molecule has 1 saturated heterocycles. The number of hydrogen-bond acceptors (Lipinski definition) is 4. The minimum absolute atomic E-state index is 0.0198. The quantitative estimate of drug-likeness (QED) is 0.892. The van der Waals surface area contributed by atoms with E-state index in [4.69, 9.17) is 0 Å². The summed E-state index contributed by atoms with van der Waals surface area (Å²) in [7, 11) is 0. The fraction of sp³-hybridized carbons (Fsp3) is 0.500. The van der Waals surface area contributed by atoms with Gasteiger partial charge in [0.05, 0.1) is 5.69 Å². The number of piperazine rings is 1. The van der Waals surface area contributed by atoms with E-state index in [2.05, 4.69) is 33.2 Å². The molecule has 0 aromatic carbocycles. The first-order chi connectivity index (χ1) is 12.1. The Balaban J connectivity index is 1.40. The molecule has 7 nitrogen and oxygen atoms in total. The first-order valence-corrected chi connectivity index (χ1v) is 8.77. The number of hydrogen-bond donors (Lipinski definition) is 1. The van der Waals surface area contributed by atoms with Gasteiger partial charge in [0, 0.05) is 64.4 Å². The first-order valence-electron chi connectivity index (χ1n) is 8.77. The van der Waals surface area contributed by atoms with Crippen LogP contribution in [0.2, 0.25) is 0 Å². The summed E-state index contributed by atoms with van der Waals surface area (Å²) in [6.07, 6.45) is 5.55. The fourth-order valence-electron chi connectivity index (χ4n) is 3.04. The molecule has 0 bridgehead atoms. The van der Waals surface area contributed by atoms with E-state index in [0.29, 0.717) is 6.54 Å². The topological polar surface area (TPSA) is 66.3 Å². The molecule has 2 aromatic rings.